The largest absolute Gasteiger partial charge is 0.385 e. The first-order chi connectivity index (χ1) is 10.7. The number of aromatic nitrogens is 1. The Morgan fingerprint density at radius 1 is 1.36 bits per heavy atom. The summed E-state index contributed by atoms with van der Waals surface area (Å²) in [4.78, 5) is 0. The quantitative estimate of drug-likeness (QED) is 0.846. The number of aliphatic hydroxyl groups excluding tert-OH is 1. The summed E-state index contributed by atoms with van der Waals surface area (Å²) in [5, 5.41) is 13.9. The predicted octanol–water partition coefficient (Wildman–Crippen LogP) is 1.36. The Balaban J connectivity index is 1.61. The van der Waals surface area contributed by atoms with Gasteiger partial charge in [0.15, 0.2) is 0 Å². The van der Waals surface area contributed by atoms with E-state index >= 15 is 0 Å². The number of nitrogens with zero attached hydrogens (tertiary/aromatic N) is 1. The van der Waals surface area contributed by atoms with Crippen LogP contribution < -0.4 is 5.32 Å². The van der Waals surface area contributed by atoms with Crippen molar-refractivity contribution < 1.29 is 15.2 Å². The fourth-order valence-electron chi connectivity index (χ4n) is 3.43. The number of nitrogens with two attached hydrogens (primary N) is 1. The van der Waals surface area contributed by atoms with Gasteiger partial charge in [-0.1, -0.05) is 18.2 Å². The van der Waals surface area contributed by atoms with Crippen LogP contribution >= 0.6 is 0 Å². The van der Waals surface area contributed by atoms with Crippen LogP contribution in [0.25, 0.3) is 10.9 Å². The summed E-state index contributed by atoms with van der Waals surface area (Å²) >= 11 is 0. The van der Waals surface area contributed by atoms with E-state index < -0.39 is 0 Å². The van der Waals surface area contributed by atoms with E-state index in [0.717, 1.165) is 26.1 Å². The van der Waals surface area contributed by atoms with E-state index in [1.54, 1.807) is 0 Å². The number of benzene rings is 1. The maximum Gasteiger partial charge on any atom is 0.121 e. The number of ether oxygens (including phenoxy) is 1. The van der Waals surface area contributed by atoms with Crippen molar-refractivity contribution in [3.63, 3.8) is 0 Å². The van der Waals surface area contributed by atoms with E-state index in [0.29, 0.717) is 12.6 Å². The average Bonchev–Trinajstić information content (AvgIpc) is 3.11. The van der Waals surface area contributed by atoms with Gasteiger partial charge >= 0.3 is 0 Å². The number of hydrogen-bond donors (Lipinski definition) is 2. The summed E-state index contributed by atoms with van der Waals surface area (Å²) in [6, 6.07) is 8.43. The van der Waals surface area contributed by atoms with E-state index in [-0.39, 0.29) is 6.10 Å². The fourth-order valence-corrected chi connectivity index (χ4v) is 3.43. The van der Waals surface area contributed by atoms with Crippen molar-refractivity contribution in [2.45, 2.75) is 45.4 Å². The van der Waals surface area contributed by atoms with Gasteiger partial charge in [0.25, 0.3) is 0 Å². The van der Waals surface area contributed by atoms with Gasteiger partial charge in [-0.25, -0.2) is 0 Å². The summed E-state index contributed by atoms with van der Waals surface area (Å²) in [5.74, 6) is 0. The average molecular weight is 303 g/mol. The molecule has 0 bridgehead atoms. The lowest BCUT2D eigenvalue weighted by Crippen LogP contribution is -2.88. The molecule has 1 aromatic carbocycles. The zero-order chi connectivity index (χ0) is 15.5. The van der Waals surface area contributed by atoms with Crippen LogP contribution in [0.3, 0.4) is 0 Å². The first-order valence-electron chi connectivity index (χ1n) is 8.32. The molecule has 0 unspecified atom stereocenters. The zero-order valence-electron chi connectivity index (χ0n) is 13.6. The molecule has 3 N–H and O–H groups in total. The van der Waals surface area contributed by atoms with E-state index in [9.17, 15) is 5.11 Å². The van der Waals surface area contributed by atoms with Crippen LogP contribution in [0, 0.1) is 13.8 Å². The molecule has 4 nitrogen and oxygen atoms in total. The third-order valence-electron chi connectivity index (χ3n) is 4.83. The van der Waals surface area contributed by atoms with E-state index in [1.807, 2.05) is 0 Å². The smallest absolute Gasteiger partial charge is 0.121 e. The molecule has 2 heterocycles. The Kier molecular flexibility index (Phi) is 4.81. The van der Waals surface area contributed by atoms with Gasteiger partial charge in [-0.15, -0.1) is 0 Å². The zero-order valence-corrected chi connectivity index (χ0v) is 13.6. The molecule has 1 saturated heterocycles. The molecular weight excluding hydrogens is 276 g/mol. The van der Waals surface area contributed by atoms with Crippen molar-refractivity contribution in [2.75, 3.05) is 19.7 Å². The van der Waals surface area contributed by atoms with Crippen LogP contribution in [0.1, 0.15) is 24.1 Å². The SMILES string of the molecule is Cc1c(C)n(C[C@H](O)C[NH2+]C[C@@H]2CCCO2)c2ccccc12. The Morgan fingerprint density at radius 2 is 2.18 bits per heavy atom. The van der Waals surface area contributed by atoms with Gasteiger partial charge < -0.3 is 19.7 Å². The molecule has 1 aromatic heterocycles. The second-order valence-electron chi connectivity index (χ2n) is 6.39. The lowest BCUT2D eigenvalue weighted by atomic mass is 10.2. The highest BCUT2D eigenvalue weighted by Crippen LogP contribution is 2.24. The van der Waals surface area contributed by atoms with Crippen LogP contribution in [-0.4, -0.2) is 41.6 Å². The topological polar surface area (TPSA) is 51.0 Å². The Labute approximate surface area is 132 Å². The molecule has 0 aliphatic carbocycles. The molecule has 2 aromatic rings. The molecular formula is C18H27N2O2+. The molecule has 4 heteroatoms. The van der Waals surface area contributed by atoms with Crippen LogP contribution in [0.5, 0.6) is 0 Å². The number of quaternary nitrogens is 1. The third kappa shape index (κ3) is 3.19. The maximum atomic E-state index is 10.4. The molecule has 0 saturated carbocycles. The van der Waals surface area contributed by atoms with Crippen LogP contribution in [0.4, 0.5) is 0 Å². The van der Waals surface area contributed by atoms with Crippen molar-refractivity contribution in [1.29, 1.82) is 0 Å². The van der Waals surface area contributed by atoms with E-state index in [1.165, 1.54) is 28.6 Å². The summed E-state index contributed by atoms with van der Waals surface area (Å²) < 4.78 is 7.86. The number of hydrogen-bond acceptors (Lipinski definition) is 2. The molecule has 2 atom stereocenters. The molecule has 120 valence electrons. The van der Waals surface area contributed by atoms with Crippen molar-refractivity contribution in [1.82, 2.24) is 4.57 Å². The molecule has 22 heavy (non-hydrogen) atoms. The van der Waals surface area contributed by atoms with Crippen LogP contribution in [0.2, 0.25) is 0 Å². The Morgan fingerprint density at radius 3 is 2.95 bits per heavy atom. The number of fused-ring (bicyclic) bond motifs is 1. The van der Waals surface area contributed by atoms with Gasteiger partial charge in [-0.2, -0.15) is 0 Å². The first kappa shape index (κ1) is 15.5. The number of para-hydroxylation sites is 1. The molecule has 1 aliphatic heterocycles. The highest BCUT2D eigenvalue weighted by molar-refractivity contribution is 5.85. The van der Waals surface area contributed by atoms with Gasteiger partial charge in [0.1, 0.15) is 25.3 Å². The van der Waals surface area contributed by atoms with E-state index in [2.05, 4.69) is 48.0 Å². The van der Waals surface area contributed by atoms with Gasteiger partial charge in [0.05, 0.1) is 6.54 Å². The lowest BCUT2D eigenvalue weighted by molar-refractivity contribution is -0.666. The second kappa shape index (κ2) is 6.82. The third-order valence-corrected chi connectivity index (χ3v) is 4.83. The highest BCUT2D eigenvalue weighted by Gasteiger charge is 2.19. The molecule has 0 spiro atoms. The van der Waals surface area contributed by atoms with Crippen molar-refractivity contribution >= 4 is 10.9 Å². The first-order valence-corrected chi connectivity index (χ1v) is 8.32. The van der Waals surface area contributed by atoms with Crippen molar-refractivity contribution in [3.05, 3.63) is 35.5 Å². The number of rotatable bonds is 6. The predicted molar refractivity (Wildman–Crippen MR) is 88.1 cm³/mol. The van der Waals surface area contributed by atoms with Gasteiger partial charge in [0.2, 0.25) is 0 Å². The minimum atomic E-state index is -0.338. The Hall–Kier alpha value is -1.36. The molecule has 1 aliphatic rings. The van der Waals surface area contributed by atoms with E-state index in [4.69, 9.17) is 4.74 Å². The summed E-state index contributed by atoms with van der Waals surface area (Å²) in [7, 11) is 0. The highest BCUT2D eigenvalue weighted by atomic mass is 16.5. The Bertz CT molecular complexity index is 629. The lowest BCUT2D eigenvalue weighted by Gasteiger charge is -2.15. The summed E-state index contributed by atoms with van der Waals surface area (Å²) in [6.45, 7) is 7.53. The molecule has 0 radical (unpaired) electrons. The number of aliphatic hydroxyl groups is 1. The van der Waals surface area contributed by atoms with Gasteiger partial charge in [-0.3, -0.25) is 0 Å². The van der Waals surface area contributed by atoms with Crippen molar-refractivity contribution in [2.24, 2.45) is 0 Å². The monoisotopic (exact) mass is 303 g/mol. The summed E-state index contributed by atoms with van der Waals surface area (Å²) in [6.07, 6.45) is 2.38. The standard InChI is InChI=1S/C18H26N2O2/c1-13-14(2)20(18-8-4-3-7-17(13)18)12-15(21)10-19-11-16-6-5-9-22-16/h3-4,7-8,15-16,19,21H,5-6,9-12H2,1-2H3/p+1/t15-,16+/m1/s1. The van der Waals surface area contributed by atoms with Crippen molar-refractivity contribution in [3.8, 4) is 0 Å². The second-order valence-corrected chi connectivity index (χ2v) is 6.39. The summed E-state index contributed by atoms with van der Waals surface area (Å²) in [5.41, 5.74) is 3.78. The molecule has 0 amide bonds. The minimum absolute atomic E-state index is 0.338. The molecule has 1 fully saturated rings. The normalized spacial score (nSPS) is 19.9. The van der Waals surface area contributed by atoms with Gasteiger partial charge in [-0.05, 0) is 38.3 Å². The molecule has 3 rings (SSSR count). The number of aryl methyl sites for hydroxylation is 1. The minimum Gasteiger partial charge on any atom is -0.385 e. The fraction of sp³-hybridized carbons (Fsp3) is 0.556. The van der Waals surface area contributed by atoms with Crippen LogP contribution in [-0.2, 0) is 11.3 Å². The maximum absolute atomic E-state index is 10.4. The van der Waals surface area contributed by atoms with Gasteiger partial charge in [0, 0.05) is 23.2 Å². The van der Waals surface area contributed by atoms with Crippen LogP contribution in [0.15, 0.2) is 24.3 Å².